The van der Waals surface area contributed by atoms with Crippen molar-refractivity contribution in [1.82, 2.24) is 9.78 Å². The third-order valence-corrected chi connectivity index (χ3v) is 4.67. The summed E-state index contributed by atoms with van der Waals surface area (Å²) in [6.45, 7) is 5.56. The molecule has 0 atom stereocenters. The van der Waals surface area contributed by atoms with E-state index in [2.05, 4.69) is 5.10 Å². The molecule has 1 rings (SSSR count). The molecule has 0 saturated heterocycles. The fourth-order valence-electron chi connectivity index (χ4n) is 0.953. The van der Waals surface area contributed by atoms with Gasteiger partial charge in [-0.05, 0) is 26.8 Å². The van der Waals surface area contributed by atoms with Crippen LogP contribution in [0.1, 0.15) is 20.8 Å². The summed E-state index contributed by atoms with van der Waals surface area (Å²) in [5, 5.41) is 3.95. The number of aromatic nitrogens is 2. The van der Waals surface area contributed by atoms with Crippen molar-refractivity contribution in [3.8, 4) is 0 Å². The summed E-state index contributed by atoms with van der Waals surface area (Å²) in [7, 11) is -3.03. The smallest absolute Gasteiger partial charge is 0.157 e. The van der Waals surface area contributed by atoms with Gasteiger partial charge in [-0.3, -0.25) is 4.68 Å². The van der Waals surface area contributed by atoms with Crippen LogP contribution in [0.15, 0.2) is 18.5 Å². The molecule has 0 aromatic carbocycles. The van der Waals surface area contributed by atoms with Gasteiger partial charge in [-0.15, -0.1) is 0 Å². The van der Waals surface area contributed by atoms with E-state index in [4.69, 9.17) is 0 Å². The van der Waals surface area contributed by atoms with Crippen molar-refractivity contribution >= 4 is 9.84 Å². The number of aryl methyl sites for hydroxylation is 1. The topological polar surface area (TPSA) is 52.0 Å². The zero-order valence-electron chi connectivity index (χ0n) is 8.77. The fourth-order valence-corrected chi connectivity index (χ4v) is 1.99. The van der Waals surface area contributed by atoms with Gasteiger partial charge in [-0.1, -0.05) is 0 Å². The van der Waals surface area contributed by atoms with E-state index in [0.717, 1.165) is 0 Å². The van der Waals surface area contributed by atoms with E-state index in [0.29, 0.717) is 6.54 Å². The maximum Gasteiger partial charge on any atom is 0.157 e. The predicted octanol–water partition coefficient (Wildman–Crippen LogP) is 1.10. The Hall–Kier alpha value is -0.840. The van der Waals surface area contributed by atoms with Crippen molar-refractivity contribution < 1.29 is 8.42 Å². The molecule has 14 heavy (non-hydrogen) atoms. The van der Waals surface area contributed by atoms with E-state index in [9.17, 15) is 8.42 Å². The molecule has 1 heterocycles. The Bertz CT molecular complexity index is 373. The van der Waals surface area contributed by atoms with Crippen molar-refractivity contribution in [3.63, 3.8) is 0 Å². The second kappa shape index (κ2) is 3.73. The zero-order valence-corrected chi connectivity index (χ0v) is 9.58. The molecule has 0 spiro atoms. The highest BCUT2D eigenvalue weighted by atomic mass is 32.2. The number of hydrogen-bond acceptors (Lipinski definition) is 3. The quantitative estimate of drug-likeness (QED) is 0.760. The molecule has 0 fully saturated rings. The summed E-state index contributed by atoms with van der Waals surface area (Å²) >= 11 is 0. The Labute approximate surface area is 84.9 Å². The van der Waals surface area contributed by atoms with E-state index in [1.807, 2.05) is 0 Å². The molecule has 1 aromatic rings. The molecule has 1 aromatic heterocycles. The molecule has 0 radical (unpaired) electrons. The number of sulfone groups is 1. The first-order chi connectivity index (χ1) is 6.33. The minimum absolute atomic E-state index is 0.137. The first-order valence-corrected chi connectivity index (χ1v) is 6.18. The summed E-state index contributed by atoms with van der Waals surface area (Å²) in [6.07, 6.45) is 3.40. The van der Waals surface area contributed by atoms with Crippen LogP contribution in [0.3, 0.4) is 0 Å². The molecule has 0 N–H and O–H groups in total. The van der Waals surface area contributed by atoms with Crippen LogP contribution in [0.5, 0.6) is 0 Å². The van der Waals surface area contributed by atoms with E-state index < -0.39 is 14.6 Å². The van der Waals surface area contributed by atoms with Crippen LogP contribution >= 0.6 is 0 Å². The first kappa shape index (κ1) is 11.2. The van der Waals surface area contributed by atoms with Crippen molar-refractivity contribution in [3.05, 3.63) is 18.5 Å². The second-order valence-electron chi connectivity index (χ2n) is 4.20. The molecule has 0 unspecified atom stereocenters. The van der Waals surface area contributed by atoms with Crippen molar-refractivity contribution in [1.29, 1.82) is 0 Å². The molecule has 0 aliphatic heterocycles. The van der Waals surface area contributed by atoms with E-state index in [1.54, 1.807) is 43.9 Å². The molecule has 0 aliphatic carbocycles. The number of rotatable bonds is 3. The van der Waals surface area contributed by atoms with Crippen LogP contribution in [0.25, 0.3) is 0 Å². The van der Waals surface area contributed by atoms with Gasteiger partial charge in [0.2, 0.25) is 0 Å². The van der Waals surface area contributed by atoms with Gasteiger partial charge in [0.15, 0.2) is 9.84 Å². The van der Waals surface area contributed by atoms with Crippen LogP contribution in [0.4, 0.5) is 0 Å². The summed E-state index contributed by atoms with van der Waals surface area (Å²) in [4.78, 5) is 0. The summed E-state index contributed by atoms with van der Waals surface area (Å²) < 4.78 is 24.4. The van der Waals surface area contributed by atoms with Crippen LogP contribution in [-0.4, -0.2) is 28.7 Å². The molecule has 5 heteroatoms. The van der Waals surface area contributed by atoms with Crippen LogP contribution in [0, 0.1) is 0 Å². The van der Waals surface area contributed by atoms with E-state index in [1.165, 1.54) is 0 Å². The van der Waals surface area contributed by atoms with Crippen LogP contribution in [0.2, 0.25) is 0 Å². The Morgan fingerprint density at radius 2 is 2.00 bits per heavy atom. The van der Waals surface area contributed by atoms with Crippen molar-refractivity contribution in [2.24, 2.45) is 0 Å². The minimum Gasteiger partial charge on any atom is -0.272 e. The molecule has 0 bridgehead atoms. The van der Waals surface area contributed by atoms with Gasteiger partial charge in [0.1, 0.15) is 0 Å². The lowest BCUT2D eigenvalue weighted by molar-refractivity contribution is 0.548. The van der Waals surface area contributed by atoms with Gasteiger partial charge in [-0.25, -0.2) is 8.42 Å². The SMILES string of the molecule is CC(C)(C)S(=O)(=O)CCn1cccn1. The third kappa shape index (κ3) is 2.57. The Balaban J connectivity index is 2.63. The summed E-state index contributed by atoms with van der Waals surface area (Å²) in [6, 6.07) is 1.78. The number of nitrogens with zero attached hydrogens (tertiary/aromatic N) is 2. The average Bonchev–Trinajstić information content (AvgIpc) is 2.50. The van der Waals surface area contributed by atoms with Gasteiger partial charge >= 0.3 is 0 Å². The highest BCUT2D eigenvalue weighted by molar-refractivity contribution is 7.92. The highest BCUT2D eigenvalue weighted by Gasteiger charge is 2.28. The van der Waals surface area contributed by atoms with E-state index >= 15 is 0 Å². The maximum absolute atomic E-state index is 11.7. The Morgan fingerprint density at radius 1 is 1.36 bits per heavy atom. The second-order valence-corrected chi connectivity index (χ2v) is 7.06. The fraction of sp³-hybridized carbons (Fsp3) is 0.667. The molecule has 0 amide bonds. The maximum atomic E-state index is 11.7. The Morgan fingerprint density at radius 3 is 2.43 bits per heavy atom. The van der Waals surface area contributed by atoms with Crippen LogP contribution in [-0.2, 0) is 16.4 Å². The van der Waals surface area contributed by atoms with Crippen LogP contribution < -0.4 is 0 Å². The summed E-state index contributed by atoms with van der Waals surface area (Å²) in [5.74, 6) is 0.137. The van der Waals surface area contributed by atoms with Gasteiger partial charge in [0.05, 0.1) is 17.0 Å². The normalized spacial score (nSPS) is 13.1. The third-order valence-electron chi connectivity index (χ3n) is 2.08. The van der Waals surface area contributed by atoms with Gasteiger partial charge in [-0.2, -0.15) is 5.10 Å². The Kier molecular flexibility index (Phi) is 2.99. The monoisotopic (exact) mass is 216 g/mol. The first-order valence-electron chi connectivity index (χ1n) is 4.53. The minimum atomic E-state index is -3.03. The standard InChI is InChI=1S/C9H16N2O2S/c1-9(2,3)14(12,13)8-7-11-6-4-5-10-11/h4-6H,7-8H2,1-3H3. The zero-order chi connectivity index (χ0) is 10.8. The lowest BCUT2D eigenvalue weighted by Gasteiger charge is -2.18. The van der Waals surface area contributed by atoms with Gasteiger partial charge in [0.25, 0.3) is 0 Å². The molecular weight excluding hydrogens is 200 g/mol. The molecule has 80 valence electrons. The van der Waals surface area contributed by atoms with Gasteiger partial charge in [0, 0.05) is 12.4 Å². The van der Waals surface area contributed by atoms with E-state index in [-0.39, 0.29) is 5.75 Å². The predicted molar refractivity (Wildman–Crippen MR) is 55.8 cm³/mol. The average molecular weight is 216 g/mol. The lowest BCUT2D eigenvalue weighted by Crippen LogP contribution is -2.32. The molecule has 0 saturated carbocycles. The van der Waals surface area contributed by atoms with Gasteiger partial charge < -0.3 is 0 Å². The molecular formula is C9H16N2O2S. The van der Waals surface area contributed by atoms with Crippen molar-refractivity contribution in [2.45, 2.75) is 32.1 Å². The lowest BCUT2D eigenvalue weighted by atomic mass is 10.3. The highest BCUT2D eigenvalue weighted by Crippen LogP contribution is 2.15. The van der Waals surface area contributed by atoms with Crippen molar-refractivity contribution in [2.75, 3.05) is 5.75 Å². The molecule has 0 aliphatic rings. The molecule has 4 nitrogen and oxygen atoms in total. The number of hydrogen-bond donors (Lipinski definition) is 0. The largest absolute Gasteiger partial charge is 0.272 e. The summed E-state index contributed by atoms with van der Waals surface area (Å²) in [5.41, 5.74) is 0.